The summed E-state index contributed by atoms with van der Waals surface area (Å²) in [6, 6.07) is 11.8. The fraction of sp³-hybridized carbons (Fsp3) is 0.267. The van der Waals surface area contributed by atoms with E-state index in [4.69, 9.17) is 4.11 Å². The molecule has 1 heterocycles. The van der Waals surface area contributed by atoms with Gasteiger partial charge in [-0.05, 0) is 31.0 Å². The molecule has 82 valence electrons. The van der Waals surface area contributed by atoms with Crippen molar-refractivity contribution in [2.24, 2.45) is 7.05 Å². The number of hydrogen-bond donors (Lipinski definition) is 0. The summed E-state index contributed by atoms with van der Waals surface area (Å²) in [7, 11) is 1.81. The van der Waals surface area contributed by atoms with Crippen molar-refractivity contribution in [1.82, 2.24) is 0 Å². The molecule has 0 fully saturated rings. The van der Waals surface area contributed by atoms with E-state index in [9.17, 15) is 0 Å². The lowest BCUT2D eigenvalue weighted by Gasteiger charge is -2.06. The minimum absolute atomic E-state index is 0.366. The molecule has 0 N–H and O–H groups in total. The highest BCUT2D eigenvalue weighted by Gasteiger charge is 2.14. The van der Waals surface area contributed by atoms with Crippen LogP contribution < -0.4 is 4.57 Å². The molecule has 0 spiro atoms. The lowest BCUT2D eigenvalue weighted by atomic mass is 10.0. The normalized spacial score (nSPS) is 14.1. The maximum atomic E-state index is 7.64. The molecule has 2 rings (SSSR count). The summed E-state index contributed by atoms with van der Waals surface area (Å²) in [4.78, 5) is 0. The number of hydrogen-bond acceptors (Lipinski definition) is 0. The molecular formula is C15H18N+. The Kier molecular flexibility index (Phi) is 1.95. The van der Waals surface area contributed by atoms with Gasteiger partial charge in [0.15, 0.2) is 5.69 Å². The SMILES string of the molecule is [2H]C([2H])([2H])c1cc(C)cc(-c2ccccc2C)[n+]1C. The second-order valence-corrected chi connectivity index (χ2v) is 4.18. The third-order valence-electron chi connectivity index (χ3n) is 2.87. The third kappa shape index (κ3) is 1.85. The number of aryl methyl sites for hydroxylation is 3. The van der Waals surface area contributed by atoms with Crippen LogP contribution in [0.15, 0.2) is 36.4 Å². The second kappa shape index (κ2) is 4.09. The molecule has 0 aliphatic heterocycles. The quantitative estimate of drug-likeness (QED) is 0.644. The van der Waals surface area contributed by atoms with Crippen molar-refractivity contribution in [2.75, 3.05) is 0 Å². The molecule has 0 bridgehead atoms. The highest BCUT2D eigenvalue weighted by atomic mass is 14.9. The first-order valence-corrected chi connectivity index (χ1v) is 5.38. The van der Waals surface area contributed by atoms with Crippen molar-refractivity contribution in [3.63, 3.8) is 0 Å². The first-order chi connectivity index (χ1) is 8.80. The van der Waals surface area contributed by atoms with Crippen LogP contribution in [0.5, 0.6) is 0 Å². The average molecular weight is 215 g/mol. The van der Waals surface area contributed by atoms with Crippen LogP contribution >= 0.6 is 0 Å². The van der Waals surface area contributed by atoms with Crippen molar-refractivity contribution in [3.05, 3.63) is 53.2 Å². The number of benzene rings is 1. The molecule has 2 aromatic rings. The molecule has 0 unspecified atom stereocenters. The van der Waals surface area contributed by atoms with Crippen molar-refractivity contribution in [3.8, 4) is 11.3 Å². The minimum Gasteiger partial charge on any atom is -0.199 e. The summed E-state index contributed by atoms with van der Waals surface area (Å²) in [6.45, 7) is 1.86. The highest BCUT2D eigenvalue weighted by Crippen LogP contribution is 2.20. The smallest absolute Gasteiger partial charge is 0.199 e. The van der Waals surface area contributed by atoms with Crippen LogP contribution in [0.25, 0.3) is 11.3 Å². The molecular weight excluding hydrogens is 194 g/mol. The van der Waals surface area contributed by atoms with E-state index in [1.807, 2.05) is 51.2 Å². The summed E-state index contributed by atoms with van der Waals surface area (Å²) >= 11 is 0. The Morgan fingerprint density at radius 3 is 2.56 bits per heavy atom. The van der Waals surface area contributed by atoms with E-state index in [2.05, 4.69) is 0 Å². The molecule has 1 aromatic heterocycles. The van der Waals surface area contributed by atoms with Gasteiger partial charge in [0.05, 0.1) is 0 Å². The third-order valence-corrected chi connectivity index (χ3v) is 2.87. The van der Waals surface area contributed by atoms with Crippen LogP contribution in [-0.2, 0) is 7.05 Å². The molecule has 0 aliphatic rings. The first kappa shape index (κ1) is 7.61. The van der Waals surface area contributed by atoms with Gasteiger partial charge in [0.2, 0.25) is 5.69 Å². The Hall–Kier alpha value is -1.63. The molecule has 1 heteroatoms. The van der Waals surface area contributed by atoms with Gasteiger partial charge in [-0.15, -0.1) is 0 Å². The maximum absolute atomic E-state index is 7.64. The largest absolute Gasteiger partial charge is 0.212 e. The molecule has 0 atom stereocenters. The van der Waals surface area contributed by atoms with Crippen molar-refractivity contribution in [2.45, 2.75) is 20.7 Å². The predicted molar refractivity (Wildman–Crippen MR) is 67.3 cm³/mol. The van der Waals surface area contributed by atoms with Gasteiger partial charge in [-0.1, -0.05) is 18.2 Å². The van der Waals surface area contributed by atoms with Gasteiger partial charge < -0.3 is 0 Å². The highest BCUT2D eigenvalue weighted by molar-refractivity contribution is 5.61. The average Bonchev–Trinajstić information content (AvgIpc) is 2.31. The molecule has 0 amide bonds. The van der Waals surface area contributed by atoms with Gasteiger partial charge in [-0.2, -0.15) is 4.57 Å². The van der Waals surface area contributed by atoms with E-state index in [0.717, 1.165) is 22.4 Å². The van der Waals surface area contributed by atoms with Crippen LogP contribution in [-0.4, -0.2) is 0 Å². The van der Waals surface area contributed by atoms with Gasteiger partial charge in [0.25, 0.3) is 0 Å². The summed E-state index contributed by atoms with van der Waals surface area (Å²) in [5.74, 6) is 0. The summed E-state index contributed by atoms with van der Waals surface area (Å²) in [6.07, 6.45) is 0. The van der Waals surface area contributed by atoms with Crippen LogP contribution in [0.2, 0.25) is 0 Å². The fourth-order valence-corrected chi connectivity index (χ4v) is 1.92. The monoisotopic (exact) mass is 215 g/mol. The summed E-state index contributed by atoms with van der Waals surface area (Å²) < 4.78 is 24.7. The Labute approximate surface area is 102 Å². The number of aromatic nitrogens is 1. The number of rotatable bonds is 1. The van der Waals surface area contributed by atoms with E-state index in [0.29, 0.717) is 5.69 Å². The lowest BCUT2D eigenvalue weighted by molar-refractivity contribution is -0.666. The Balaban J connectivity index is 2.72. The van der Waals surface area contributed by atoms with E-state index in [1.165, 1.54) is 0 Å². The van der Waals surface area contributed by atoms with E-state index >= 15 is 0 Å². The second-order valence-electron chi connectivity index (χ2n) is 4.18. The Morgan fingerprint density at radius 1 is 1.12 bits per heavy atom. The first-order valence-electron chi connectivity index (χ1n) is 6.88. The topological polar surface area (TPSA) is 3.88 Å². The Morgan fingerprint density at radius 2 is 1.88 bits per heavy atom. The molecule has 0 radical (unpaired) electrons. The van der Waals surface area contributed by atoms with Gasteiger partial charge in [-0.3, -0.25) is 0 Å². The summed E-state index contributed by atoms with van der Waals surface area (Å²) in [5.41, 5.74) is 4.47. The molecule has 1 aromatic carbocycles. The fourth-order valence-electron chi connectivity index (χ4n) is 1.92. The zero-order chi connectivity index (χ0) is 14.2. The van der Waals surface area contributed by atoms with Crippen LogP contribution in [0.4, 0.5) is 0 Å². The standard InChI is InChI=1S/C15H18N/c1-11-9-13(3)16(4)15(10-11)14-8-6-5-7-12(14)2/h5-10H,1-4H3/q+1/i3D3. The van der Waals surface area contributed by atoms with Crippen LogP contribution in [0.1, 0.15) is 20.9 Å². The Bertz CT molecular complexity index is 615. The van der Waals surface area contributed by atoms with Crippen LogP contribution in [0, 0.1) is 20.7 Å². The summed E-state index contributed by atoms with van der Waals surface area (Å²) in [5, 5.41) is 0. The number of pyridine rings is 1. The zero-order valence-corrected chi connectivity index (χ0v) is 9.91. The van der Waals surface area contributed by atoms with E-state index in [-0.39, 0.29) is 0 Å². The van der Waals surface area contributed by atoms with Crippen LogP contribution in [0.3, 0.4) is 0 Å². The molecule has 0 saturated heterocycles. The van der Waals surface area contributed by atoms with Gasteiger partial charge in [0, 0.05) is 28.7 Å². The lowest BCUT2D eigenvalue weighted by Crippen LogP contribution is -2.34. The molecule has 1 nitrogen and oxygen atoms in total. The van der Waals surface area contributed by atoms with Crippen molar-refractivity contribution in [1.29, 1.82) is 0 Å². The zero-order valence-electron chi connectivity index (χ0n) is 12.9. The predicted octanol–water partition coefficient (Wildman–Crippen LogP) is 3.10. The molecule has 0 aliphatic carbocycles. The van der Waals surface area contributed by atoms with Gasteiger partial charge in [-0.25, -0.2) is 0 Å². The van der Waals surface area contributed by atoms with Crippen molar-refractivity contribution >= 4 is 0 Å². The van der Waals surface area contributed by atoms with Crippen molar-refractivity contribution < 1.29 is 8.68 Å². The maximum Gasteiger partial charge on any atom is 0.212 e. The van der Waals surface area contributed by atoms with Gasteiger partial charge in [0.1, 0.15) is 7.05 Å². The van der Waals surface area contributed by atoms with Gasteiger partial charge >= 0.3 is 0 Å². The van der Waals surface area contributed by atoms with E-state index < -0.39 is 6.85 Å². The molecule has 16 heavy (non-hydrogen) atoms. The molecule has 0 saturated carbocycles. The van der Waals surface area contributed by atoms with E-state index in [1.54, 1.807) is 10.6 Å². The minimum atomic E-state index is -2.10. The number of nitrogens with zero attached hydrogens (tertiary/aromatic N) is 1.